The van der Waals surface area contributed by atoms with Crippen LogP contribution in [0.5, 0.6) is 5.75 Å². The lowest BCUT2D eigenvalue weighted by Gasteiger charge is -2.26. The Labute approximate surface area is 179 Å². The topological polar surface area (TPSA) is 84.9 Å². The molecule has 7 nitrogen and oxygen atoms in total. The van der Waals surface area contributed by atoms with Crippen molar-refractivity contribution in [2.75, 3.05) is 31.6 Å². The molecule has 0 radical (unpaired) electrons. The molecule has 0 aromatic heterocycles. The number of nitrogens with one attached hydrogen (secondary N) is 1. The molecule has 1 fully saturated rings. The highest BCUT2D eigenvalue weighted by Gasteiger charge is 2.26. The second-order valence-electron chi connectivity index (χ2n) is 6.81. The van der Waals surface area contributed by atoms with Crippen LogP contribution in [0, 0.1) is 0 Å². The lowest BCUT2D eigenvalue weighted by atomic mass is 10.2. The van der Waals surface area contributed by atoms with Crippen molar-refractivity contribution in [3.05, 3.63) is 52.5 Å². The van der Waals surface area contributed by atoms with Crippen LogP contribution >= 0.6 is 15.9 Å². The fourth-order valence-corrected chi connectivity index (χ4v) is 4.72. The zero-order valence-corrected chi connectivity index (χ0v) is 18.6. The minimum Gasteiger partial charge on any atom is -0.490 e. The van der Waals surface area contributed by atoms with E-state index in [2.05, 4.69) is 21.2 Å². The van der Waals surface area contributed by atoms with E-state index in [0.717, 1.165) is 0 Å². The molecule has 0 unspecified atom stereocenters. The van der Waals surface area contributed by atoms with Gasteiger partial charge in [0.2, 0.25) is 10.0 Å². The first-order valence-corrected chi connectivity index (χ1v) is 11.5. The molecule has 0 atom stereocenters. The fraction of sp³-hybridized carbons (Fsp3) is 0.350. The number of hydrogen-bond acceptors (Lipinski definition) is 5. The number of halogens is 1. The Balaban J connectivity index is 1.69. The predicted molar refractivity (Wildman–Crippen MR) is 114 cm³/mol. The molecule has 1 N–H and O–H groups in total. The second-order valence-corrected chi connectivity index (χ2v) is 9.60. The first-order valence-electron chi connectivity index (χ1n) is 9.23. The standard InChI is InChI=1S/C20H23BrN2O5S/c1-14(2)28-19-8-3-15(13-18(19)21)20(24)22-16-4-6-17(7-5-16)29(25,26)23-9-11-27-12-10-23/h3-8,13-14H,9-12H2,1-2H3,(H,22,24). The smallest absolute Gasteiger partial charge is 0.255 e. The normalized spacial score (nSPS) is 15.3. The van der Waals surface area contributed by atoms with Crippen molar-refractivity contribution in [2.24, 2.45) is 0 Å². The third kappa shape index (κ3) is 5.36. The van der Waals surface area contributed by atoms with E-state index in [0.29, 0.717) is 47.8 Å². The number of amides is 1. The van der Waals surface area contributed by atoms with Crippen molar-refractivity contribution in [1.82, 2.24) is 4.31 Å². The van der Waals surface area contributed by atoms with Crippen molar-refractivity contribution in [3.63, 3.8) is 0 Å². The molecule has 3 rings (SSSR count). The van der Waals surface area contributed by atoms with E-state index in [1.165, 1.54) is 16.4 Å². The highest BCUT2D eigenvalue weighted by atomic mass is 79.9. The van der Waals surface area contributed by atoms with Gasteiger partial charge in [0, 0.05) is 24.3 Å². The average molecular weight is 483 g/mol. The van der Waals surface area contributed by atoms with Gasteiger partial charge in [-0.25, -0.2) is 8.42 Å². The summed E-state index contributed by atoms with van der Waals surface area (Å²) in [6, 6.07) is 11.2. The molecule has 1 amide bonds. The van der Waals surface area contributed by atoms with Gasteiger partial charge in [-0.15, -0.1) is 0 Å². The van der Waals surface area contributed by atoms with Crippen molar-refractivity contribution in [2.45, 2.75) is 24.8 Å². The van der Waals surface area contributed by atoms with Crippen LogP contribution in [0.15, 0.2) is 51.8 Å². The summed E-state index contributed by atoms with van der Waals surface area (Å²) in [7, 11) is -3.56. The van der Waals surface area contributed by atoms with Crippen molar-refractivity contribution < 1.29 is 22.7 Å². The summed E-state index contributed by atoms with van der Waals surface area (Å²) in [5, 5.41) is 2.77. The molecule has 29 heavy (non-hydrogen) atoms. The summed E-state index contributed by atoms with van der Waals surface area (Å²) in [5.74, 6) is 0.361. The van der Waals surface area contributed by atoms with E-state index in [-0.39, 0.29) is 16.9 Å². The molecular formula is C20H23BrN2O5S. The third-order valence-corrected chi connectivity index (χ3v) is 6.81. The SMILES string of the molecule is CC(C)Oc1ccc(C(=O)Nc2ccc(S(=O)(=O)N3CCOCC3)cc2)cc1Br. The van der Waals surface area contributed by atoms with E-state index in [9.17, 15) is 13.2 Å². The van der Waals surface area contributed by atoms with Gasteiger partial charge < -0.3 is 14.8 Å². The van der Waals surface area contributed by atoms with Crippen LogP contribution in [-0.2, 0) is 14.8 Å². The van der Waals surface area contributed by atoms with Gasteiger partial charge in [-0.05, 0) is 72.2 Å². The second kappa shape index (κ2) is 9.25. The van der Waals surface area contributed by atoms with Gasteiger partial charge in [-0.3, -0.25) is 4.79 Å². The number of ether oxygens (including phenoxy) is 2. The fourth-order valence-electron chi connectivity index (χ4n) is 2.84. The number of carbonyl (C=O) groups excluding carboxylic acids is 1. The lowest BCUT2D eigenvalue weighted by Crippen LogP contribution is -2.40. The molecule has 2 aromatic rings. The molecule has 0 saturated carbocycles. The molecule has 0 aliphatic carbocycles. The zero-order valence-electron chi connectivity index (χ0n) is 16.2. The molecule has 9 heteroatoms. The molecule has 0 spiro atoms. The van der Waals surface area contributed by atoms with E-state index in [4.69, 9.17) is 9.47 Å². The molecule has 1 saturated heterocycles. The predicted octanol–water partition coefficient (Wildman–Crippen LogP) is 3.51. The number of sulfonamides is 1. The number of rotatable bonds is 6. The van der Waals surface area contributed by atoms with Gasteiger partial charge in [0.05, 0.1) is 28.7 Å². The Kier molecular flexibility index (Phi) is 6.94. The van der Waals surface area contributed by atoms with Crippen LogP contribution in [0.4, 0.5) is 5.69 Å². The van der Waals surface area contributed by atoms with Gasteiger partial charge in [0.1, 0.15) is 5.75 Å². The Hall–Kier alpha value is -1.94. The van der Waals surface area contributed by atoms with Gasteiger partial charge in [0.25, 0.3) is 5.91 Å². The van der Waals surface area contributed by atoms with Gasteiger partial charge in [-0.2, -0.15) is 4.31 Å². The Morgan fingerprint density at radius 2 is 1.79 bits per heavy atom. The van der Waals surface area contributed by atoms with Gasteiger partial charge >= 0.3 is 0 Å². The first-order chi connectivity index (χ1) is 13.8. The van der Waals surface area contributed by atoms with E-state index in [1.807, 2.05) is 13.8 Å². The van der Waals surface area contributed by atoms with Gasteiger partial charge in [0.15, 0.2) is 0 Å². The highest BCUT2D eigenvalue weighted by Crippen LogP contribution is 2.27. The highest BCUT2D eigenvalue weighted by molar-refractivity contribution is 9.10. The minimum absolute atomic E-state index is 0.0261. The van der Waals surface area contributed by atoms with Crippen LogP contribution in [0.3, 0.4) is 0 Å². The van der Waals surface area contributed by atoms with E-state index < -0.39 is 10.0 Å². The minimum atomic E-state index is -3.56. The Morgan fingerprint density at radius 3 is 2.38 bits per heavy atom. The van der Waals surface area contributed by atoms with Crippen LogP contribution in [-0.4, -0.2) is 51.0 Å². The maximum Gasteiger partial charge on any atom is 0.255 e. The van der Waals surface area contributed by atoms with Gasteiger partial charge in [-0.1, -0.05) is 0 Å². The lowest BCUT2D eigenvalue weighted by molar-refractivity contribution is 0.0730. The molecule has 0 bridgehead atoms. The molecule has 1 aliphatic rings. The summed E-state index contributed by atoms with van der Waals surface area (Å²) < 4.78 is 38.2. The quantitative estimate of drug-likeness (QED) is 0.680. The molecular weight excluding hydrogens is 460 g/mol. The summed E-state index contributed by atoms with van der Waals surface area (Å²) in [4.78, 5) is 12.7. The molecule has 1 heterocycles. The van der Waals surface area contributed by atoms with E-state index in [1.54, 1.807) is 30.3 Å². The molecule has 1 aliphatic heterocycles. The van der Waals surface area contributed by atoms with Crippen molar-refractivity contribution in [1.29, 1.82) is 0 Å². The van der Waals surface area contributed by atoms with Crippen LogP contribution in [0.1, 0.15) is 24.2 Å². The summed E-state index contributed by atoms with van der Waals surface area (Å²) in [5.41, 5.74) is 0.965. The van der Waals surface area contributed by atoms with Crippen molar-refractivity contribution in [3.8, 4) is 5.75 Å². The monoisotopic (exact) mass is 482 g/mol. The zero-order chi connectivity index (χ0) is 21.0. The van der Waals surface area contributed by atoms with Crippen molar-refractivity contribution >= 4 is 37.5 Å². The molecule has 156 valence electrons. The largest absolute Gasteiger partial charge is 0.490 e. The number of carbonyl (C=O) groups is 1. The average Bonchev–Trinajstić information content (AvgIpc) is 2.70. The summed E-state index contributed by atoms with van der Waals surface area (Å²) >= 11 is 3.41. The number of anilines is 1. The third-order valence-electron chi connectivity index (χ3n) is 4.28. The summed E-state index contributed by atoms with van der Waals surface area (Å²) in [6.07, 6.45) is 0.0261. The first kappa shape index (κ1) is 21.8. The number of hydrogen-bond donors (Lipinski definition) is 1. The summed E-state index contributed by atoms with van der Waals surface area (Å²) in [6.45, 7) is 5.32. The van der Waals surface area contributed by atoms with Crippen LogP contribution in [0.25, 0.3) is 0 Å². The maximum absolute atomic E-state index is 12.7. The number of benzene rings is 2. The van der Waals surface area contributed by atoms with Crippen LogP contribution < -0.4 is 10.1 Å². The maximum atomic E-state index is 12.7. The number of morpholine rings is 1. The molecule has 2 aromatic carbocycles. The Morgan fingerprint density at radius 1 is 1.14 bits per heavy atom. The number of nitrogens with zero attached hydrogens (tertiary/aromatic N) is 1. The van der Waals surface area contributed by atoms with E-state index >= 15 is 0 Å². The Bertz CT molecular complexity index is 971. The van der Waals surface area contributed by atoms with Crippen LogP contribution in [0.2, 0.25) is 0 Å².